The highest BCUT2D eigenvalue weighted by molar-refractivity contribution is 7.91. The van der Waals surface area contributed by atoms with E-state index in [0.717, 1.165) is 11.4 Å². The van der Waals surface area contributed by atoms with Crippen molar-refractivity contribution in [2.24, 2.45) is 0 Å². The molecule has 0 bridgehead atoms. The smallest absolute Gasteiger partial charge is 0.177 e. The number of anilines is 1. The molecule has 2 aliphatic rings. The summed E-state index contributed by atoms with van der Waals surface area (Å²) in [6.45, 7) is 4.30. The number of ether oxygens (including phenoxy) is 1. The average Bonchev–Trinajstić information content (AvgIpc) is 2.91. The van der Waals surface area contributed by atoms with Gasteiger partial charge in [-0.3, -0.25) is 0 Å². The Labute approximate surface area is 136 Å². The van der Waals surface area contributed by atoms with Gasteiger partial charge in [0.1, 0.15) is 5.75 Å². The molecule has 5 nitrogen and oxygen atoms in total. The maximum absolute atomic E-state index is 12.0. The maximum Gasteiger partial charge on any atom is 0.177 e. The summed E-state index contributed by atoms with van der Waals surface area (Å²) in [5, 5.41) is 0.662. The number of rotatable bonds is 4. The highest BCUT2D eigenvalue weighted by atomic mass is 32.2. The molecule has 0 saturated carbocycles. The molecule has 3 rings (SSSR count). The minimum atomic E-state index is -3.04. The molecule has 1 aromatic rings. The van der Waals surface area contributed by atoms with Gasteiger partial charge in [0.25, 0.3) is 0 Å². The maximum atomic E-state index is 12.0. The van der Waals surface area contributed by atoms with E-state index in [0.29, 0.717) is 11.7 Å². The van der Waals surface area contributed by atoms with Crippen molar-refractivity contribution >= 4 is 32.9 Å². The summed E-state index contributed by atoms with van der Waals surface area (Å²) in [5.74, 6) is 1.04. The first-order valence-corrected chi connectivity index (χ1v) is 9.25. The quantitative estimate of drug-likeness (QED) is 0.612. The van der Waals surface area contributed by atoms with Crippen LogP contribution in [0.2, 0.25) is 0 Å². The molecule has 1 aromatic carbocycles. The molecular formula is C15H18N2O3S2. The minimum Gasteiger partial charge on any atom is -0.497 e. The zero-order chi connectivity index (χ0) is 15.9. The lowest BCUT2D eigenvalue weighted by atomic mass is 10.1. The van der Waals surface area contributed by atoms with Crippen molar-refractivity contribution in [1.29, 1.82) is 0 Å². The first-order valence-electron chi connectivity index (χ1n) is 7.02. The van der Waals surface area contributed by atoms with Gasteiger partial charge in [0.15, 0.2) is 14.9 Å². The average molecular weight is 338 g/mol. The van der Waals surface area contributed by atoms with E-state index in [9.17, 15) is 8.42 Å². The number of fused-ring (bicyclic) bond motifs is 1. The predicted octanol–water partition coefficient (Wildman–Crippen LogP) is 1.45. The molecule has 2 heterocycles. The molecule has 2 unspecified atom stereocenters. The molecule has 2 aliphatic heterocycles. The predicted molar refractivity (Wildman–Crippen MR) is 91.2 cm³/mol. The number of benzene rings is 1. The molecule has 0 radical (unpaired) electrons. The fourth-order valence-corrected chi connectivity index (χ4v) is 5.58. The summed E-state index contributed by atoms with van der Waals surface area (Å²) >= 11 is 5.58. The molecule has 22 heavy (non-hydrogen) atoms. The van der Waals surface area contributed by atoms with Gasteiger partial charge in [0.2, 0.25) is 0 Å². The van der Waals surface area contributed by atoms with Crippen LogP contribution in [0, 0.1) is 0 Å². The van der Waals surface area contributed by atoms with Crippen molar-refractivity contribution in [2.75, 3.05) is 30.1 Å². The van der Waals surface area contributed by atoms with E-state index in [1.807, 2.05) is 34.1 Å². The standard InChI is InChI=1S/C15H18N2O3S2/c1-3-8-16-13-9-22(18,19)10-14(13)17(15(16)21)11-4-6-12(20-2)7-5-11/h3-7,13-14H,1,8-10H2,2H3. The van der Waals surface area contributed by atoms with Gasteiger partial charge >= 0.3 is 0 Å². The van der Waals surface area contributed by atoms with Gasteiger partial charge in [-0.15, -0.1) is 6.58 Å². The molecule has 2 atom stereocenters. The lowest BCUT2D eigenvalue weighted by Crippen LogP contribution is -2.37. The summed E-state index contributed by atoms with van der Waals surface area (Å²) in [4.78, 5) is 3.91. The number of sulfone groups is 1. The van der Waals surface area contributed by atoms with Crippen molar-refractivity contribution < 1.29 is 13.2 Å². The number of thiocarbonyl (C=S) groups is 1. The fourth-order valence-electron chi connectivity index (χ4n) is 3.17. The van der Waals surface area contributed by atoms with E-state index >= 15 is 0 Å². The molecule has 0 aliphatic carbocycles. The van der Waals surface area contributed by atoms with Crippen LogP contribution >= 0.6 is 12.2 Å². The lowest BCUT2D eigenvalue weighted by Gasteiger charge is -2.25. The van der Waals surface area contributed by atoms with Crippen molar-refractivity contribution in [3.8, 4) is 5.75 Å². The number of hydrogen-bond donors (Lipinski definition) is 0. The van der Waals surface area contributed by atoms with Gasteiger partial charge in [-0.25, -0.2) is 8.42 Å². The van der Waals surface area contributed by atoms with E-state index in [4.69, 9.17) is 17.0 Å². The number of nitrogens with zero attached hydrogens (tertiary/aromatic N) is 2. The topological polar surface area (TPSA) is 49.9 Å². The Bertz CT molecular complexity index is 700. The molecule has 0 spiro atoms. The Hall–Kier alpha value is -1.60. The van der Waals surface area contributed by atoms with Crippen LogP contribution < -0.4 is 9.64 Å². The van der Waals surface area contributed by atoms with Crippen LogP contribution in [0.15, 0.2) is 36.9 Å². The van der Waals surface area contributed by atoms with Crippen LogP contribution in [0.1, 0.15) is 0 Å². The van der Waals surface area contributed by atoms with Crippen LogP contribution in [0.5, 0.6) is 5.75 Å². The normalized spacial score (nSPS) is 26.1. The Morgan fingerprint density at radius 1 is 1.32 bits per heavy atom. The summed E-state index contributed by atoms with van der Waals surface area (Å²) < 4.78 is 29.2. The molecule has 2 fully saturated rings. The Morgan fingerprint density at radius 2 is 1.95 bits per heavy atom. The van der Waals surface area contributed by atoms with Crippen molar-refractivity contribution in [3.05, 3.63) is 36.9 Å². The second kappa shape index (κ2) is 5.55. The first-order chi connectivity index (χ1) is 10.5. The van der Waals surface area contributed by atoms with E-state index in [1.54, 1.807) is 13.2 Å². The zero-order valence-corrected chi connectivity index (χ0v) is 13.9. The van der Waals surface area contributed by atoms with Gasteiger partial charge in [-0.1, -0.05) is 6.08 Å². The van der Waals surface area contributed by atoms with Crippen molar-refractivity contribution in [3.63, 3.8) is 0 Å². The zero-order valence-electron chi connectivity index (χ0n) is 12.3. The van der Waals surface area contributed by atoms with E-state index in [2.05, 4.69) is 6.58 Å². The van der Waals surface area contributed by atoms with E-state index < -0.39 is 9.84 Å². The van der Waals surface area contributed by atoms with Crippen LogP contribution in [0.25, 0.3) is 0 Å². The monoisotopic (exact) mass is 338 g/mol. The summed E-state index contributed by atoms with van der Waals surface area (Å²) in [6.07, 6.45) is 1.76. The number of hydrogen-bond acceptors (Lipinski definition) is 4. The Balaban J connectivity index is 1.98. The van der Waals surface area contributed by atoms with Gasteiger partial charge in [-0.2, -0.15) is 0 Å². The SMILES string of the molecule is C=CCN1C(=S)N(c2ccc(OC)cc2)C2CS(=O)(=O)CC21. The molecule has 7 heteroatoms. The lowest BCUT2D eigenvalue weighted by molar-refractivity contribution is 0.389. The third kappa shape index (κ3) is 2.48. The first kappa shape index (κ1) is 15.3. The molecule has 0 amide bonds. The number of methoxy groups -OCH3 is 1. The summed E-state index contributed by atoms with van der Waals surface area (Å²) in [7, 11) is -1.42. The molecule has 0 N–H and O–H groups in total. The van der Waals surface area contributed by atoms with Crippen LogP contribution in [0.4, 0.5) is 5.69 Å². The van der Waals surface area contributed by atoms with Crippen LogP contribution in [-0.2, 0) is 9.84 Å². The molecule has 0 aromatic heterocycles. The van der Waals surface area contributed by atoms with Gasteiger partial charge in [-0.05, 0) is 36.5 Å². The highest BCUT2D eigenvalue weighted by Gasteiger charge is 2.51. The third-order valence-corrected chi connectivity index (χ3v) is 6.28. The second-order valence-electron chi connectivity index (χ2n) is 5.50. The largest absolute Gasteiger partial charge is 0.497 e. The van der Waals surface area contributed by atoms with Crippen molar-refractivity contribution in [1.82, 2.24) is 4.90 Å². The van der Waals surface area contributed by atoms with E-state index in [-0.39, 0.29) is 23.6 Å². The van der Waals surface area contributed by atoms with Crippen molar-refractivity contribution in [2.45, 2.75) is 12.1 Å². The van der Waals surface area contributed by atoms with Crippen LogP contribution in [-0.4, -0.2) is 55.7 Å². The minimum absolute atomic E-state index is 0.0994. The molecule has 118 valence electrons. The fraction of sp³-hybridized carbons (Fsp3) is 0.400. The van der Waals surface area contributed by atoms with Gasteiger partial charge < -0.3 is 14.5 Å². The molecule has 2 saturated heterocycles. The Morgan fingerprint density at radius 3 is 2.55 bits per heavy atom. The highest BCUT2D eigenvalue weighted by Crippen LogP contribution is 2.35. The summed E-state index contributed by atoms with van der Waals surface area (Å²) in [5.41, 5.74) is 0.893. The van der Waals surface area contributed by atoms with Gasteiger partial charge in [0, 0.05) is 12.2 Å². The van der Waals surface area contributed by atoms with Gasteiger partial charge in [0.05, 0.1) is 30.7 Å². The second-order valence-corrected chi connectivity index (χ2v) is 8.02. The van der Waals surface area contributed by atoms with Crippen LogP contribution in [0.3, 0.4) is 0 Å². The Kier molecular flexibility index (Phi) is 3.86. The van der Waals surface area contributed by atoms with E-state index in [1.165, 1.54) is 0 Å². The third-order valence-electron chi connectivity index (χ3n) is 4.15. The molecular weight excluding hydrogens is 320 g/mol. The summed E-state index contributed by atoms with van der Waals surface area (Å²) in [6, 6.07) is 7.29.